The van der Waals surface area contributed by atoms with E-state index >= 15 is 0 Å². The molecule has 0 aliphatic carbocycles. The zero-order valence-electron chi connectivity index (χ0n) is 16.3. The van der Waals surface area contributed by atoms with Crippen LogP contribution >= 0.6 is 0 Å². The molecule has 1 heterocycles. The van der Waals surface area contributed by atoms with Gasteiger partial charge in [-0.1, -0.05) is 42.0 Å². The molecule has 2 aromatic rings. The predicted octanol–water partition coefficient (Wildman–Crippen LogP) is 2.55. The van der Waals surface area contributed by atoms with Crippen LogP contribution in [-0.2, 0) is 16.1 Å². The molecule has 2 aromatic carbocycles. The van der Waals surface area contributed by atoms with Crippen molar-refractivity contribution in [3.8, 4) is 11.5 Å². The van der Waals surface area contributed by atoms with Gasteiger partial charge in [-0.3, -0.25) is 9.59 Å². The van der Waals surface area contributed by atoms with Crippen LogP contribution in [0.15, 0.2) is 48.5 Å². The zero-order chi connectivity index (χ0) is 19.9. The topological polar surface area (TPSA) is 67.9 Å². The van der Waals surface area contributed by atoms with Crippen molar-refractivity contribution in [3.63, 3.8) is 0 Å². The Kier molecular flexibility index (Phi) is 6.53. The van der Waals surface area contributed by atoms with Crippen LogP contribution in [0, 0.1) is 12.8 Å². The molecule has 6 heteroatoms. The van der Waals surface area contributed by atoms with Gasteiger partial charge < -0.3 is 19.7 Å². The molecule has 0 unspecified atom stereocenters. The molecule has 0 spiro atoms. The highest BCUT2D eigenvalue weighted by molar-refractivity contribution is 5.89. The van der Waals surface area contributed by atoms with Gasteiger partial charge >= 0.3 is 0 Å². The lowest BCUT2D eigenvalue weighted by Gasteiger charge is -2.17. The fraction of sp³-hybridized carbons (Fsp3) is 0.364. The van der Waals surface area contributed by atoms with E-state index in [-0.39, 0.29) is 24.2 Å². The zero-order valence-corrected chi connectivity index (χ0v) is 16.3. The van der Waals surface area contributed by atoms with Crippen molar-refractivity contribution < 1.29 is 19.1 Å². The van der Waals surface area contributed by atoms with E-state index in [0.717, 1.165) is 5.56 Å². The lowest BCUT2D eigenvalue weighted by atomic mass is 10.1. The monoisotopic (exact) mass is 382 g/mol. The molecule has 1 aliphatic heterocycles. The Bertz CT molecular complexity index is 820. The molecule has 0 radical (unpaired) electrons. The second kappa shape index (κ2) is 9.26. The summed E-state index contributed by atoms with van der Waals surface area (Å²) in [6, 6.07) is 15.5. The molecule has 0 aromatic heterocycles. The Hall–Kier alpha value is -3.02. The molecule has 1 atom stereocenters. The van der Waals surface area contributed by atoms with E-state index in [1.54, 1.807) is 12.0 Å². The molecular weight excluding hydrogens is 356 g/mol. The van der Waals surface area contributed by atoms with Crippen molar-refractivity contribution in [2.45, 2.75) is 19.9 Å². The van der Waals surface area contributed by atoms with Crippen LogP contribution in [0.1, 0.15) is 17.5 Å². The number of aryl methyl sites for hydroxylation is 1. The second-order valence-electron chi connectivity index (χ2n) is 6.95. The first-order valence-corrected chi connectivity index (χ1v) is 9.43. The van der Waals surface area contributed by atoms with Crippen LogP contribution < -0.4 is 14.8 Å². The van der Waals surface area contributed by atoms with E-state index in [2.05, 4.69) is 5.32 Å². The Labute approximate surface area is 165 Å². The molecule has 2 amide bonds. The number of hydrogen-bond acceptors (Lipinski definition) is 4. The molecule has 6 nitrogen and oxygen atoms in total. The minimum atomic E-state index is -0.316. The average molecular weight is 382 g/mol. The van der Waals surface area contributed by atoms with Crippen molar-refractivity contribution in [1.29, 1.82) is 0 Å². The summed E-state index contributed by atoms with van der Waals surface area (Å²) >= 11 is 0. The normalized spacial score (nSPS) is 16.1. The van der Waals surface area contributed by atoms with Gasteiger partial charge in [0.2, 0.25) is 11.8 Å². The number of likely N-dealkylation sites (tertiary alicyclic amines) is 1. The van der Waals surface area contributed by atoms with Gasteiger partial charge in [0.05, 0.1) is 19.6 Å². The standard InChI is InChI=1S/C22H26N2O4/c1-16-7-9-17(10-8-16)14-24-15-18(13-21(24)25)22(26)23-11-12-28-20-6-4-3-5-19(20)27-2/h3-10,18H,11-15H2,1-2H3,(H,23,26)/t18-/m0/s1. The number of methoxy groups -OCH3 is 1. The lowest BCUT2D eigenvalue weighted by molar-refractivity contribution is -0.129. The summed E-state index contributed by atoms with van der Waals surface area (Å²) in [6.07, 6.45) is 0.255. The summed E-state index contributed by atoms with van der Waals surface area (Å²) in [5.74, 6) is 0.889. The summed E-state index contributed by atoms with van der Waals surface area (Å²) in [5.41, 5.74) is 2.26. The Morgan fingerprint density at radius 1 is 1.14 bits per heavy atom. The quantitative estimate of drug-likeness (QED) is 0.713. The van der Waals surface area contributed by atoms with Gasteiger partial charge in [0.25, 0.3) is 0 Å². The van der Waals surface area contributed by atoms with Crippen LogP contribution in [-0.4, -0.2) is 43.5 Å². The highest BCUT2D eigenvalue weighted by Crippen LogP contribution is 2.25. The molecular formula is C22H26N2O4. The maximum atomic E-state index is 12.4. The number of carbonyl (C=O) groups excluding carboxylic acids is 2. The van der Waals surface area contributed by atoms with Gasteiger partial charge in [-0.15, -0.1) is 0 Å². The number of hydrogen-bond donors (Lipinski definition) is 1. The first-order chi connectivity index (χ1) is 13.6. The molecule has 1 saturated heterocycles. The van der Waals surface area contributed by atoms with Gasteiger partial charge in [-0.2, -0.15) is 0 Å². The summed E-state index contributed by atoms with van der Waals surface area (Å²) in [4.78, 5) is 26.4. The first kappa shape index (κ1) is 19.7. The Morgan fingerprint density at radius 3 is 2.57 bits per heavy atom. The number of carbonyl (C=O) groups is 2. The smallest absolute Gasteiger partial charge is 0.225 e. The van der Waals surface area contributed by atoms with Crippen LogP contribution in [0.4, 0.5) is 0 Å². The van der Waals surface area contributed by atoms with Gasteiger partial charge in [-0.25, -0.2) is 0 Å². The van der Waals surface area contributed by atoms with E-state index in [1.165, 1.54) is 5.56 Å². The lowest BCUT2D eigenvalue weighted by Crippen LogP contribution is -2.35. The van der Waals surface area contributed by atoms with E-state index in [1.807, 2.05) is 55.5 Å². The number of ether oxygens (including phenoxy) is 2. The molecule has 1 N–H and O–H groups in total. The summed E-state index contributed by atoms with van der Waals surface area (Å²) in [6.45, 7) is 3.73. The number of rotatable bonds is 8. The van der Waals surface area contributed by atoms with Gasteiger partial charge in [0, 0.05) is 19.5 Å². The third-order valence-electron chi connectivity index (χ3n) is 4.81. The van der Waals surface area contributed by atoms with Crippen LogP contribution in [0.25, 0.3) is 0 Å². The maximum absolute atomic E-state index is 12.4. The summed E-state index contributed by atoms with van der Waals surface area (Å²) in [5, 5.41) is 2.86. The molecule has 0 bridgehead atoms. The maximum Gasteiger partial charge on any atom is 0.225 e. The first-order valence-electron chi connectivity index (χ1n) is 9.43. The number of amides is 2. The van der Waals surface area contributed by atoms with Crippen molar-refractivity contribution in [3.05, 3.63) is 59.7 Å². The van der Waals surface area contributed by atoms with Crippen LogP contribution in [0.3, 0.4) is 0 Å². The third kappa shape index (κ3) is 5.03. The summed E-state index contributed by atoms with van der Waals surface area (Å²) < 4.78 is 10.9. The fourth-order valence-corrected chi connectivity index (χ4v) is 3.23. The highest BCUT2D eigenvalue weighted by atomic mass is 16.5. The van der Waals surface area contributed by atoms with Crippen molar-refractivity contribution in [2.75, 3.05) is 26.8 Å². The number of nitrogens with one attached hydrogen (secondary N) is 1. The fourth-order valence-electron chi connectivity index (χ4n) is 3.23. The minimum Gasteiger partial charge on any atom is -0.493 e. The molecule has 0 saturated carbocycles. The summed E-state index contributed by atoms with van der Waals surface area (Å²) in [7, 11) is 1.59. The van der Waals surface area contributed by atoms with Crippen LogP contribution in [0.5, 0.6) is 11.5 Å². The Morgan fingerprint density at radius 2 is 1.86 bits per heavy atom. The third-order valence-corrected chi connectivity index (χ3v) is 4.81. The van der Waals surface area contributed by atoms with Gasteiger partial charge in [-0.05, 0) is 24.6 Å². The highest BCUT2D eigenvalue weighted by Gasteiger charge is 2.34. The average Bonchev–Trinajstić information content (AvgIpc) is 3.07. The second-order valence-corrected chi connectivity index (χ2v) is 6.95. The molecule has 1 aliphatic rings. The van der Waals surface area contributed by atoms with Crippen molar-refractivity contribution >= 4 is 11.8 Å². The van der Waals surface area contributed by atoms with Crippen molar-refractivity contribution in [1.82, 2.24) is 10.2 Å². The van der Waals surface area contributed by atoms with Crippen molar-refractivity contribution in [2.24, 2.45) is 5.92 Å². The number of para-hydroxylation sites is 2. The molecule has 1 fully saturated rings. The number of benzene rings is 2. The minimum absolute atomic E-state index is 0.0194. The van der Waals surface area contributed by atoms with Crippen LogP contribution in [0.2, 0.25) is 0 Å². The van der Waals surface area contributed by atoms with E-state index in [0.29, 0.717) is 37.7 Å². The largest absolute Gasteiger partial charge is 0.493 e. The SMILES string of the molecule is COc1ccccc1OCCNC(=O)[C@H]1CC(=O)N(Cc2ccc(C)cc2)C1. The van der Waals surface area contributed by atoms with E-state index < -0.39 is 0 Å². The van der Waals surface area contributed by atoms with E-state index in [4.69, 9.17) is 9.47 Å². The number of nitrogens with zero attached hydrogens (tertiary/aromatic N) is 1. The molecule has 28 heavy (non-hydrogen) atoms. The predicted molar refractivity (Wildman–Crippen MR) is 106 cm³/mol. The Balaban J connectivity index is 1.43. The van der Waals surface area contributed by atoms with Gasteiger partial charge in [0.1, 0.15) is 6.61 Å². The molecule has 148 valence electrons. The van der Waals surface area contributed by atoms with Gasteiger partial charge in [0.15, 0.2) is 11.5 Å². The molecule has 3 rings (SSSR count). The van der Waals surface area contributed by atoms with E-state index in [9.17, 15) is 9.59 Å².